The van der Waals surface area contributed by atoms with Crippen molar-refractivity contribution in [2.45, 2.75) is 15.5 Å². The number of benzene rings is 1. The summed E-state index contributed by atoms with van der Waals surface area (Å²) in [5.41, 5.74) is 0.359. The first-order valence-corrected chi connectivity index (χ1v) is 9.74. The van der Waals surface area contributed by atoms with Gasteiger partial charge in [-0.15, -0.1) is 23.2 Å². The molecule has 6 nitrogen and oxygen atoms in total. The van der Waals surface area contributed by atoms with Crippen LogP contribution in [0.3, 0.4) is 0 Å². The third-order valence-corrected chi connectivity index (χ3v) is 8.47. The molecule has 1 aliphatic heterocycles. The first-order chi connectivity index (χ1) is 13.2. The van der Waals surface area contributed by atoms with Crippen LogP contribution in [-0.2, 0) is 19.1 Å². The summed E-state index contributed by atoms with van der Waals surface area (Å²) in [4.78, 5) is 24.2. The van der Waals surface area contributed by atoms with Gasteiger partial charge in [0.15, 0.2) is 0 Å². The topological polar surface area (TPSA) is 65.1 Å². The Kier molecular flexibility index (Phi) is 4.51. The zero-order valence-electron chi connectivity index (χ0n) is 15.0. The van der Waals surface area contributed by atoms with Crippen molar-refractivity contribution in [3.05, 3.63) is 34.3 Å². The summed E-state index contributed by atoms with van der Waals surface area (Å²) in [6, 6.07) is 6.46. The lowest BCUT2D eigenvalue weighted by Crippen LogP contribution is -2.60. The summed E-state index contributed by atoms with van der Waals surface area (Å²) in [5.74, 6) is -4.55. The summed E-state index contributed by atoms with van der Waals surface area (Å²) in [6.45, 7) is 0. The Morgan fingerprint density at radius 2 is 1.29 bits per heavy atom. The van der Waals surface area contributed by atoms with E-state index >= 15 is 0 Å². The first kappa shape index (κ1) is 20.3. The van der Waals surface area contributed by atoms with Gasteiger partial charge in [0.05, 0.1) is 34.7 Å². The Morgan fingerprint density at radius 3 is 1.64 bits per heavy atom. The Hall–Kier alpha value is -1.02. The average molecular weight is 467 g/mol. The molecule has 2 fully saturated rings. The van der Waals surface area contributed by atoms with Crippen LogP contribution in [0.25, 0.3) is 0 Å². The number of rotatable bonds is 4. The van der Waals surface area contributed by atoms with Crippen LogP contribution in [0.2, 0.25) is 0 Å². The molecule has 4 atom stereocenters. The Balaban J connectivity index is 1.88. The summed E-state index contributed by atoms with van der Waals surface area (Å²) >= 11 is 26.6. The lowest BCUT2D eigenvalue weighted by atomic mass is 9.84. The Labute approximate surface area is 181 Å². The fraction of sp³-hybridized carbons (Fsp3) is 0.444. The van der Waals surface area contributed by atoms with Gasteiger partial charge in [0.25, 0.3) is 0 Å². The molecule has 4 unspecified atom stereocenters. The van der Waals surface area contributed by atoms with Crippen LogP contribution in [0.15, 0.2) is 34.3 Å². The number of nitrogens with zero attached hydrogens (tertiary/aromatic N) is 1. The molecule has 28 heavy (non-hydrogen) atoms. The third-order valence-electron chi connectivity index (χ3n) is 5.86. The molecule has 3 aliphatic rings. The molecule has 150 valence electrons. The molecule has 4 rings (SSSR count). The van der Waals surface area contributed by atoms with Crippen molar-refractivity contribution >= 4 is 63.9 Å². The minimum absolute atomic E-state index is 0.0616. The van der Waals surface area contributed by atoms with Crippen molar-refractivity contribution in [3.63, 3.8) is 0 Å². The molecule has 1 saturated carbocycles. The molecule has 10 heteroatoms. The number of fused-ring (bicyclic) bond motifs is 5. The molecule has 1 aromatic carbocycles. The maximum absolute atomic E-state index is 13.4. The monoisotopic (exact) mass is 465 g/mol. The van der Waals surface area contributed by atoms with Crippen molar-refractivity contribution in [2.24, 2.45) is 11.8 Å². The first-order valence-electron chi connectivity index (χ1n) is 8.23. The number of carbonyl (C=O) groups is 2. The molecule has 2 aliphatic carbocycles. The van der Waals surface area contributed by atoms with E-state index in [9.17, 15) is 9.59 Å². The van der Waals surface area contributed by atoms with E-state index in [1.807, 2.05) is 0 Å². The minimum atomic E-state index is -1.79. The standard InChI is InChI=1S/C18H15Cl4NO5/c1-26-9-6-4-8(5-7-9)23-14(24)10-11(15(23)25)17(22)13(20)12(19)16(10,21)18(17,27-2)28-3/h4-7,10-11H,1-3H3. The molecule has 0 spiro atoms. The second-order valence-electron chi connectivity index (χ2n) is 6.74. The average Bonchev–Trinajstić information content (AvgIpc) is 3.12. The van der Waals surface area contributed by atoms with E-state index in [1.54, 1.807) is 24.3 Å². The number of anilines is 1. The number of hydrogen-bond acceptors (Lipinski definition) is 5. The number of carbonyl (C=O) groups excluding carboxylic acids is 2. The molecule has 0 aromatic heterocycles. The van der Waals surface area contributed by atoms with E-state index in [-0.39, 0.29) is 10.1 Å². The Morgan fingerprint density at radius 1 is 0.857 bits per heavy atom. The predicted octanol–water partition coefficient (Wildman–Crippen LogP) is 3.46. The van der Waals surface area contributed by atoms with Crippen LogP contribution in [0.1, 0.15) is 0 Å². The number of methoxy groups -OCH3 is 3. The highest BCUT2D eigenvalue weighted by Gasteiger charge is 2.89. The van der Waals surface area contributed by atoms with Crippen LogP contribution >= 0.6 is 46.4 Å². The molecule has 2 bridgehead atoms. The summed E-state index contributed by atoms with van der Waals surface area (Å²) in [6.07, 6.45) is 0. The molecule has 0 N–H and O–H groups in total. The molecule has 1 aromatic rings. The van der Waals surface area contributed by atoms with Gasteiger partial charge in [-0.1, -0.05) is 23.2 Å². The minimum Gasteiger partial charge on any atom is -0.497 e. The zero-order chi connectivity index (χ0) is 20.6. The highest BCUT2D eigenvalue weighted by Crippen LogP contribution is 2.75. The zero-order valence-corrected chi connectivity index (χ0v) is 18.0. The van der Waals surface area contributed by atoms with Gasteiger partial charge in [-0.2, -0.15) is 0 Å². The summed E-state index contributed by atoms with van der Waals surface area (Å²) < 4.78 is 16.2. The van der Waals surface area contributed by atoms with Gasteiger partial charge in [-0.05, 0) is 24.3 Å². The lowest BCUT2D eigenvalue weighted by molar-refractivity contribution is -0.221. The third kappa shape index (κ3) is 1.90. The van der Waals surface area contributed by atoms with Crippen molar-refractivity contribution in [1.29, 1.82) is 0 Å². The van der Waals surface area contributed by atoms with E-state index in [1.165, 1.54) is 21.3 Å². The van der Waals surface area contributed by atoms with Crippen molar-refractivity contribution < 1.29 is 23.8 Å². The fourth-order valence-corrected chi connectivity index (χ4v) is 6.85. The number of amides is 2. The largest absolute Gasteiger partial charge is 0.497 e. The summed E-state index contributed by atoms with van der Waals surface area (Å²) in [7, 11) is 4.14. The fourth-order valence-electron chi connectivity index (χ4n) is 4.69. The molecule has 1 saturated heterocycles. The van der Waals surface area contributed by atoms with Crippen LogP contribution in [-0.4, -0.2) is 48.7 Å². The normalized spacial score (nSPS) is 35.8. The maximum atomic E-state index is 13.4. The number of alkyl halides is 2. The van der Waals surface area contributed by atoms with Gasteiger partial charge in [0.1, 0.15) is 15.5 Å². The van der Waals surface area contributed by atoms with E-state index in [2.05, 4.69) is 0 Å². The van der Waals surface area contributed by atoms with E-state index < -0.39 is 39.2 Å². The highest BCUT2D eigenvalue weighted by atomic mass is 35.5. The molecule has 1 heterocycles. The quantitative estimate of drug-likeness (QED) is 0.386. The number of hydrogen-bond donors (Lipinski definition) is 0. The van der Waals surface area contributed by atoms with E-state index in [0.29, 0.717) is 11.4 Å². The second kappa shape index (κ2) is 6.24. The van der Waals surface area contributed by atoms with Gasteiger partial charge >= 0.3 is 0 Å². The molecular formula is C18H15Cl4NO5. The highest BCUT2D eigenvalue weighted by molar-refractivity contribution is 6.54. The van der Waals surface area contributed by atoms with Crippen LogP contribution in [0, 0.1) is 11.8 Å². The van der Waals surface area contributed by atoms with Gasteiger partial charge in [-0.3, -0.25) is 9.59 Å². The van der Waals surface area contributed by atoms with Crippen molar-refractivity contribution in [3.8, 4) is 5.75 Å². The number of halogens is 4. The van der Waals surface area contributed by atoms with Gasteiger partial charge in [0, 0.05) is 14.2 Å². The smallest absolute Gasteiger partial charge is 0.240 e. The molecular weight excluding hydrogens is 452 g/mol. The van der Waals surface area contributed by atoms with E-state index in [0.717, 1.165) is 4.90 Å². The number of imide groups is 1. The molecule has 2 amide bonds. The van der Waals surface area contributed by atoms with Crippen LogP contribution < -0.4 is 9.64 Å². The SMILES string of the molecule is COc1ccc(N2C(=O)C3C(C2=O)C2(Cl)C(Cl)=C(Cl)C3(Cl)C2(OC)OC)cc1. The van der Waals surface area contributed by atoms with E-state index in [4.69, 9.17) is 60.6 Å². The van der Waals surface area contributed by atoms with Gasteiger partial charge < -0.3 is 14.2 Å². The molecule has 0 radical (unpaired) electrons. The van der Waals surface area contributed by atoms with Crippen molar-refractivity contribution in [1.82, 2.24) is 0 Å². The van der Waals surface area contributed by atoms with Crippen molar-refractivity contribution in [2.75, 3.05) is 26.2 Å². The predicted molar refractivity (Wildman–Crippen MR) is 105 cm³/mol. The maximum Gasteiger partial charge on any atom is 0.240 e. The van der Waals surface area contributed by atoms with Gasteiger partial charge in [0.2, 0.25) is 17.6 Å². The van der Waals surface area contributed by atoms with Gasteiger partial charge in [-0.25, -0.2) is 4.90 Å². The summed E-state index contributed by atoms with van der Waals surface area (Å²) in [5, 5.41) is -0.123. The van der Waals surface area contributed by atoms with Crippen LogP contribution in [0.4, 0.5) is 5.69 Å². The van der Waals surface area contributed by atoms with Crippen LogP contribution in [0.5, 0.6) is 5.75 Å². The number of ether oxygens (including phenoxy) is 3. The lowest BCUT2D eigenvalue weighted by Gasteiger charge is -2.42. The second-order valence-corrected chi connectivity index (χ2v) is 8.69. The Bertz CT molecular complexity index is 869.